The third-order valence-corrected chi connectivity index (χ3v) is 4.86. The maximum atomic E-state index is 13.4. The van der Waals surface area contributed by atoms with Gasteiger partial charge in [-0.3, -0.25) is 0 Å². The van der Waals surface area contributed by atoms with Gasteiger partial charge < -0.3 is 16.0 Å². The molecular weight excluding hydrogens is 369 g/mol. The van der Waals surface area contributed by atoms with Crippen LogP contribution in [0.5, 0.6) is 0 Å². The van der Waals surface area contributed by atoms with Crippen molar-refractivity contribution >= 4 is 40.1 Å². The topological polar surface area (TPSA) is 87.7 Å². The summed E-state index contributed by atoms with van der Waals surface area (Å²) in [7, 11) is 0. The van der Waals surface area contributed by atoms with Crippen LogP contribution in [0, 0.1) is 11.7 Å². The van der Waals surface area contributed by atoms with Crippen molar-refractivity contribution in [2.45, 2.75) is 12.8 Å². The Morgan fingerprint density at radius 2 is 2.04 bits per heavy atom. The number of halogens is 2. The van der Waals surface area contributed by atoms with E-state index in [0.29, 0.717) is 34.4 Å². The molecule has 2 aromatic heterocycles. The van der Waals surface area contributed by atoms with E-state index in [2.05, 4.69) is 35.9 Å². The molecule has 1 saturated heterocycles. The van der Waals surface area contributed by atoms with E-state index < -0.39 is 5.82 Å². The minimum atomic E-state index is -0.471. The van der Waals surface area contributed by atoms with Crippen molar-refractivity contribution in [2.75, 3.05) is 30.3 Å². The highest BCUT2D eigenvalue weighted by atomic mass is 35.5. The van der Waals surface area contributed by atoms with Gasteiger partial charge in [0.2, 0.25) is 5.95 Å². The van der Waals surface area contributed by atoms with Gasteiger partial charge in [-0.25, -0.2) is 24.3 Å². The number of benzene rings is 1. The Hall–Kier alpha value is -2.58. The molecule has 0 atom stereocenters. The van der Waals surface area contributed by atoms with Crippen molar-refractivity contribution in [3.05, 3.63) is 41.6 Å². The van der Waals surface area contributed by atoms with E-state index in [1.807, 2.05) is 0 Å². The zero-order valence-corrected chi connectivity index (χ0v) is 15.3. The molecule has 0 radical (unpaired) electrons. The number of nitrogens with one attached hydrogen (secondary N) is 3. The highest BCUT2D eigenvalue weighted by molar-refractivity contribution is 6.31. The van der Waals surface area contributed by atoms with Gasteiger partial charge in [0.15, 0.2) is 5.82 Å². The Morgan fingerprint density at radius 3 is 2.85 bits per heavy atom. The quantitative estimate of drug-likeness (QED) is 0.618. The molecular formula is C18H19ClFN7. The lowest BCUT2D eigenvalue weighted by atomic mass is 9.98. The van der Waals surface area contributed by atoms with Crippen LogP contribution >= 0.6 is 11.6 Å². The van der Waals surface area contributed by atoms with Crippen molar-refractivity contribution in [3.8, 4) is 0 Å². The van der Waals surface area contributed by atoms with Crippen molar-refractivity contribution < 1.29 is 4.39 Å². The monoisotopic (exact) mass is 387 g/mol. The number of anilines is 3. The van der Waals surface area contributed by atoms with E-state index in [1.54, 1.807) is 12.3 Å². The third kappa shape index (κ3) is 4.23. The number of piperidine rings is 1. The molecule has 0 spiro atoms. The predicted octanol–water partition coefficient (Wildman–Crippen LogP) is 3.37. The summed E-state index contributed by atoms with van der Waals surface area (Å²) in [5.41, 5.74) is 1.82. The highest BCUT2D eigenvalue weighted by Gasteiger charge is 2.14. The molecule has 27 heavy (non-hydrogen) atoms. The molecule has 3 heterocycles. The van der Waals surface area contributed by atoms with Crippen LogP contribution in [0.1, 0.15) is 12.8 Å². The smallest absolute Gasteiger partial charge is 0.223 e. The van der Waals surface area contributed by atoms with Gasteiger partial charge in [0.25, 0.3) is 0 Å². The fourth-order valence-electron chi connectivity index (χ4n) is 3.06. The van der Waals surface area contributed by atoms with E-state index in [0.717, 1.165) is 32.5 Å². The van der Waals surface area contributed by atoms with Crippen molar-refractivity contribution in [2.24, 2.45) is 5.92 Å². The second kappa shape index (κ2) is 7.98. The molecule has 3 aromatic rings. The summed E-state index contributed by atoms with van der Waals surface area (Å²) in [6.07, 6.45) is 5.38. The lowest BCUT2D eigenvalue weighted by Gasteiger charge is -2.22. The van der Waals surface area contributed by atoms with Gasteiger partial charge in [0, 0.05) is 12.2 Å². The van der Waals surface area contributed by atoms with Crippen LogP contribution in [0.25, 0.3) is 11.0 Å². The van der Waals surface area contributed by atoms with Crippen LogP contribution in [0.2, 0.25) is 5.02 Å². The molecule has 1 aliphatic heterocycles. The van der Waals surface area contributed by atoms with Gasteiger partial charge in [0.1, 0.15) is 23.2 Å². The Morgan fingerprint density at radius 1 is 1.19 bits per heavy atom. The summed E-state index contributed by atoms with van der Waals surface area (Å²) in [6, 6.07) is 4.39. The molecule has 1 aromatic carbocycles. The number of hydrogen-bond donors (Lipinski definition) is 3. The Labute approximate surface area is 160 Å². The molecule has 3 N–H and O–H groups in total. The molecule has 1 aliphatic rings. The van der Waals surface area contributed by atoms with Crippen molar-refractivity contribution in [3.63, 3.8) is 0 Å². The van der Waals surface area contributed by atoms with Gasteiger partial charge in [-0.15, -0.1) is 0 Å². The Bertz CT molecular complexity index is 946. The zero-order valence-electron chi connectivity index (χ0n) is 14.5. The van der Waals surface area contributed by atoms with E-state index in [1.165, 1.54) is 18.5 Å². The van der Waals surface area contributed by atoms with Crippen LogP contribution < -0.4 is 16.0 Å². The molecule has 0 saturated carbocycles. The van der Waals surface area contributed by atoms with Crippen LogP contribution in [0.4, 0.5) is 21.8 Å². The molecule has 0 aliphatic carbocycles. The summed E-state index contributed by atoms with van der Waals surface area (Å²) in [6.45, 7) is 2.93. The highest BCUT2D eigenvalue weighted by Crippen LogP contribution is 2.25. The van der Waals surface area contributed by atoms with Gasteiger partial charge in [-0.05, 0) is 50.0 Å². The fraction of sp³-hybridized carbons (Fsp3) is 0.333. The number of nitrogens with zero attached hydrogens (tertiary/aromatic N) is 4. The molecule has 0 amide bonds. The first-order valence-corrected chi connectivity index (χ1v) is 9.21. The Balaban J connectivity index is 1.56. The summed E-state index contributed by atoms with van der Waals surface area (Å²) in [5.74, 6) is 1.18. The minimum absolute atomic E-state index is 0.0392. The first-order valence-electron chi connectivity index (χ1n) is 8.83. The van der Waals surface area contributed by atoms with Crippen LogP contribution in [0.15, 0.2) is 30.7 Å². The first kappa shape index (κ1) is 17.8. The van der Waals surface area contributed by atoms with Crippen LogP contribution in [-0.4, -0.2) is 39.6 Å². The molecule has 4 rings (SSSR count). The molecule has 0 bridgehead atoms. The minimum Gasteiger partial charge on any atom is -0.354 e. The molecule has 0 unspecified atom stereocenters. The molecule has 9 heteroatoms. The maximum Gasteiger partial charge on any atom is 0.223 e. The molecule has 1 fully saturated rings. The zero-order chi connectivity index (χ0) is 18.6. The van der Waals surface area contributed by atoms with E-state index >= 15 is 0 Å². The Kier molecular flexibility index (Phi) is 5.26. The molecule has 7 nitrogen and oxygen atoms in total. The standard InChI is InChI=1S/C18H19ClFN7/c19-13-7-12(1-2-14(13)20)26-17-16-15(24-10-25-17)9-23-18(27-16)22-8-11-3-5-21-6-4-11/h1-2,7,9-11,21H,3-6,8H2,(H,22,23,27)(H,24,25,26). The average Bonchev–Trinajstić information content (AvgIpc) is 2.70. The van der Waals surface area contributed by atoms with Gasteiger partial charge in [-0.1, -0.05) is 11.6 Å². The maximum absolute atomic E-state index is 13.4. The largest absolute Gasteiger partial charge is 0.354 e. The number of hydrogen-bond acceptors (Lipinski definition) is 7. The lowest BCUT2D eigenvalue weighted by Crippen LogP contribution is -2.31. The molecule has 140 valence electrons. The van der Waals surface area contributed by atoms with E-state index in [4.69, 9.17) is 11.6 Å². The third-order valence-electron chi connectivity index (χ3n) is 4.57. The second-order valence-corrected chi connectivity index (χ2v) is 6.89. The van der Waals surface area contributed by atoms with Gasteiger partial charge >= 0.3 is 0 Å². The summed E-state index contributed by atoms with van der Waals surface area (Å²) in [4.78, 5) is 17.4. The summed E-state index contributed by atoms with van der Waals surface area (Å²) >= 11 is 5.85. The SMILES string of the molecule is Fc1ccc(Nc2ncnc3cnc(NCC4CCNCC4)nc23)cc1Cl. The van der Waals surface area contributed by atoms with E-state index in [-0.39, 0.29) is 5.02 Å². The van der Waals surface area contributed by atoms with E-state index in [9.17, 15) is 4.39 Å². The second-order valence-electron chi connectivity index (χ2n) is 6.48. The number of rotatable bonds is 5. The van der Waals surface area contributed by atoms with Gasteiger partial charge in [0.05, 0.1) is 11.2 Å². The number of fused-ring (bicyclic) bond motifs is 1. The van der Waals surface area contributed by atoms with Crippen molar-refractivity contribution in [1.29, 1.82) is 0 Å². The normalized spacial score (nSPS) is 15.0. The summed E-state index contributed by atoms with van der Waals surface area (Å²) < 4.78 is 13.4. The average molecular weight is 388 g/mol. The fourth-order valence-corrected chi connectivity index (χ4v) is 3.24. The number of aromatic nitrogens is 4. The lowest BCUT2D eigenvalue weighted by molar-refractivity contribution is 0.389. The summed E-state index contributed by atoms with van der Waals surface area (Å²) in [5, 5.41) is 9.83. The van der Waals surface area contributed by atoms with Crippen LogP contribution in [-0.2, 0) is 0 Å². The first-order chi connectivity index (χ1) is 13.2. The van der Waals surface area contributed by atoms with Crippen LogP contribution in [0.3, 0.4) is 0 Å². The van der Waals surface area contributed by atoms with Crippen molar-refractivity contribution in [1.82, 2.24) is 25.3 Å². The predicted molar refractivity (Wildman–Crippen MR) is 104 cm³/mol. The van der Waals surface area contributed by atoms with Gasteiger partial charge in [-0.2, -0.15) is 0 Å².